The average molecular weight is 306 g/mol. The van der Waals surface area contributed by atoms with Crippen molar-refractivity contribution in [3.8, 4) is 0 Å². The molecule has 0 N–H and O–H groups in total. The first-order valence-corrected chi connectivity index (χ1v) is 7.90. The van der Waals surface area contributed by atoms with Gasteiger partial charge in [-0.2, -0.15) is 5.10 Å². The second-order valence-corrected chi connectivity index (χ2v) is 6.34. The van der Waals surface area contributed by atoms with E-state index in [0.29, 0.717) is 23.9 Å². The Kier molecular flexibility index (Phi) is 4.15. The van der Waals surface area contributed by atoms with Crippen molar-refractivity contribution >= 4 is 28.4 Å². The fraction of sp³-hybridized carbons (Fsp3) is 0.500. The van der Waals surface area contributed by atoms with Crippen molar-refractivity contribution in [1.82, 2.24) is 14.7 Å². The second kappa shape index (κ2) is 6.06. The number of carbonyl (C=O) groups excluding carboxylic acids is 1. The molecule has 21 heavy (non-hydrogen) atoms. The lowest BCUT2D eigenvalue weighted by Crippen LogP contribution is -2.39. The summed E-state index contributed by atoms with van der Waals surface area (Å²) in [4.78, 5) is 14.3. The van der Waals surface area contributed by atoms with Crippen molar-refractivity contribution in [3.05, 3.63) is 29.4 Å². The Morgan fingerprint density at radius 2 is 2.33 bits per heavy atom. The van der Waals surface area contributed by atoms with Gasteiger partial charge in [-0.3, -0.25) is 9.48 Å². The molecule has 0 aliphatic carbocycles. The first-order valence-electron chi connectivity index (χ1n) is 7.52. The summed E-state index contributed by atoms with van der Waals surface area (Å²) < 4.78 is 1.87. The van der Waals surface area contributed by atoms with Crippen LogP contribution in [0.2, 0.25) is 5.02 Å². The van der Waals surface area contributed by atoms with Crippen LogP contribution < -0.4 is 0 Å². The summed E-state index contributed by atoms with van der Waals surface area (Å²) in [5.74, 6) is 0.847. The van der Waals surface area contributed by atoms with Crippen molar-refractivity contribution in [2.75, 3.05) is 13.1 Å². The molecule has 1 unspecified atom stereocenters. The van der Waals surface area contributed by atoms with Gasteiger partial charge in [0.1, 0.15) is 0 Å². The number of aryl methyl sites for hydroxylation is 1. The number of benzene rings is 1. The number of piperidine rings is 1. The van der Waals surface area contributed by atoms with Crippen LogP contribution in [0.25, 0.3) is 10.9 Å². The van der Waals surface area contributed by atoms with Crippen LogP contribution in [-0.2, 0) is 11.3 Å². The third kappa shape index (κ3) is 3.21. The molecule has 2 heterocycles. The SMILES string of the molecule is CC1CCCN(C(=O)CCn2ncc3ccc(Cl)cc32)C1. The van der Waals surface area contributed by atoms with Crippen LogP contribution in [0, 0.1) is 5.92 Å². The van der Waals surface area contributed by atoms with Crippen LogP contribution in [0.15, 0.2) is 24.4 Å². The van der Waals surface area contributed by atoms with E-state index in [2.05, 4.69) is 12.0 Å². The normalized spacial score (nSPS) is 19.1. The lowest BCUT2D eigenvalue weighted by Gasteiger charge is -2.31. The maximum Gasteiger partial charge on any atom is 0.224 e. The molecule has 1 atom stereocenters. The van der Waals surface area contributed by atoms with Gasteiger partial charge in [0.05, 0.1) is 18.3 Å². The van der Waals surface area contributed by atoms with Gasteiger partial charge >= 0.3 is 0 Å². The number of hydrogen-bond donors (Lipinski definition) is 0. The van der Waals surface area contributed by atoms with Gasteiger partial charge in [0.25, 0.3) is 0 Å². The molecule has 5 heteroatoms. The first-order chi connectivity index (χ1) is 10.1. The highest BCUT2D eigenvalue weighted by atomic mass is 35.5. The van der Waals surface area contributed by atoms with Crippen molar-refractivity contribution < 1.29 is 4.79 Å². The molecular weight excluding hydrogens is 286 g/mol. The monoisotopic (exact) mass is 305 g/mol. The molecule has 4 nitrogen and oxygen atoms in total. The van der Waals surface area contributed by atoms with Gasteiger partial charge in [0.2, 0.25) is 5.91 Å². The number of halogens is 1. The highest BCUT2D eigenvalue weighted by Gasteiger charge is 2.20. The molecule has 0 radical (unpaired) electrons. The summed E-state index contributed by atoms with van der Waals surface area (Å²) in [6.07, 6.45) is 4.66. The first kappa shape index (κ1) is 14.4. The zero-order valence-corrected chi connectivity index (χ0v) is 13.0. The van der Waals surface area contributed by atoms with E-state index in [1.165, 1.54) is 6.42 Å². The number of hydrogen-bond acceptors (Lipinski definition) is 2. The average Bonchev–Trinajstić information content (AvgIpc) is 2.87. The van der Waals surface area contributed by atoms with E-state index in [4.69, 9.17) is 11.6 Å². The smallest absolute Gasteiger partial charge is 0.224 e. The largest absolute Gasteiger partial charge is 0.342 e. The Balaban J connectivity index is 1.66. The summed E-state index contributed by atoms with van der Waals surface area (Å²) in [5, 5.41) is 6.10. The zero-order valence-electron chi connectivity index (χ0n) is 12.3. The molecular formula is C16H20ClN3O. The molecule has 0 spiro atoms. The van der Waals surface area contributed by atoms with Crippen molar-refractivity contribution in [2.45, 2.75) is 32.7 Å². The number of likely N-dealkylation sites (tertiary alicyclic amines) is 1. The van der Waals surface area contributed by atoms with E-state index in [-0.39, 0.29) is 5.91 Å². The Bertz CT molecular complexity index is 652. The zero-order chi connectivity index (χ0) is 14.8. The van der Waals surface area contributed by atoms with Crippen molar-refractivity contribution in [3.63, 3.8) is 0 Å². The van der Waals surface area contributed by atoms with Gasteiger partial charge in [0, 0.05) is 29.9 Å². The minimum Gasteiger partial charge on any atom is -0.342 e. The standard InChI is InChI=1S/C16H20ClN3O/c1-12-3-2-7-19(11-12)16(21)6-8-20-15-9-14(17)5-4-13(15)10-18-20/h4-5,9-10,12H,2-3,6-8,11H2,1H3. The van der Waals surface area contributed by atoms with E-state index in [9.17, 15) is 4.79 Å². The van der Waals surface area contributed by atoms with Gasteiger partial charge in [-0.05, 0) is 37.0 Å². The van der Waals surface area contributed by atoms with Gasteiger partial charge in [0.15, 0.2) is 0 Å². The van der Waals surface area contributed by atoms with E-state index in [1.54, 1.807) is 0 Å². The van der Waals surface area contributed by atoms with Crippen LogP contribution >= 0.6 is 11.6 Å². The Morgan fingerprint density at radius 3 is 3.14 bits per heavy atom. The Morgan fingerprint density at radius 1 is 1.48 bits per heavy atom. The molecule has 1 aromatic heterocycles. The molecule has 1 saturated heterocycles. The molecule has 0 saturated carbocycles. The molecule has 1 aromatic carbocycles. The summed E-state index contributed by atoms with van der Waals surface area (Å²) in [5.41, 5.74) is 0.988. The minimum absolute atomic E-state index is 0.229. The fourth-order valence-corrected chi connectivity index (χ4v) is 3.16. The molecule has 112 valence electrons. The second-order valence-electron chi connectivity index (χ2n) is 5.91. The highest BCUT2D eigenvalue weighted by Crippen LogP contribution is 2.20. The maximum atomic E-state index is 12.3. The third-order valence-corrected chi connectivity index (χ3v) is 4.39. The number of fused-ring (bicyclic) bond motifs is 1. The summed E-state index contributed by atoms with van der Waals surface area (Å²) in [6.45, 7) is 4.61. The highest BCUT2D eigenvalue weighted by molar-refractivity contribution is 6.31. The van der Waals surface area contributed by atoms with E-state index in [1.807, 2.05) is 34.0 Å². The number of rotatable bonds is 3. The van der Waals surface area contributed by atoms with Gasteiger partial charge in [-0.15, -0.1) is 0 Å². The maximum absolute atomic E-state index is 12.3. The van der Waals surface area contributed by atoms with E-state index in [0.717, 1.165) is 30.4 Å². The lowest BCUT2D eigenvalue weighted by atomic mass is 10.00. The molecule has 1 fully saturated rings. The molecule has 1 amide bonds. The molecule has 2 aromatic rings. The summed E-state index contributed by atoms with van der Waals surface area (Å²) >= 11 is 6.03. The Hall–Kier alpha value is -1.55. The van der Waals surface area contributed by atoms with Crippen LogP contribution in [0.3, 0.4) is 0 Å². The predicted octanol–water partition coefficient (Wildman–Crippen LogP) is 3.34. The van der Waals surface area contributed by atoms with Crippen LogP contribution in [-0.4, -0.2) is 33.7 Å². The van der Waals surface area contributed by atoms with Crippen LogP contribution in [0.5, 0.6) is 0 Å². The minimum atomic E-state index is 0.229. The van der Waals surface area contributed by atoms with Crippen molar-refractivity contribution in [1.29, 1.82) is 0 Å². The predicted molar refractivity (Wildman–Crippen MR) is 84.3 cm³/mol. The molecule has 0 bridgehead atoms. The molecule has 3 rings (SSSR count). The summed E-state index contributed by atoms with van der Waals surface area (Å²) in [6, 6.07) is 5.71. The molecule has 1 aliphatic rings. The Labute approximate surface area is 129 Å². The number of nitrogens with zero attached hydrogens (tertiary/aromatic N) is 3. The van der Waals surface area contributed by atoms with E-state index >= 15 is 0 Å². The molecule has 1 aliphatic heterocycles. The quantitative estimate of drug-likeness (QED) is 0.872. The van der Waals surface area contributed by atoms with Gasteiger partial charge in [-0.1, -0.05) is 18.5 Å². The number of aromatic nitrogens is 2. The number of amides is 1. The van der Waals surface area contributed by atoms with Crippen LogP contribution in [0.1, 0.15) is 26.2 Å². The van der Waals surface area contributed by atoms with Gasteiger partial charge in [-0.25, -0.2) is 0 Å². The lowest BCUT2D eigenvalue weighted by molar-refractivity contribution is -0.133. The van der Waals surface area contributed by atoms with Crippen molar-refractivity contribution in [2.24, 2.45) is 5.92 Å². The third-order valence-electron chi connectivity index (χ3n) is 4.15. The van der Waals surface area contributed by atoms with E-state index < -0.39 is 0 Å². The summed E-state index contributed by atoms with van der Waals surface area (Å²) in [7, 11) is 0. The fourth-order valence-electron chi connectivity index (χ4n) is 3.00. The number of carbonyl (C=O) groups is 1. The van der Waals surface area contributed by atoms with Crippen LogP contribution in [0.4, 0.5) is 0 Å². The van der Waals surface area contributed by atoms with Gasteiger partial charge < -0.3 is 4.90 Å². The topological polar surface area (TPSA) is 38.1 Å².